The first-order chi connectivity index (χ1) is 7.15. The Bertz CT molecular complexity index is 280. The van der Waals surface area contributed by atoms with Gasteiger partial charge in [-0.15, -0.1) is 0 Å². The molecule has 0 N–H and O–H groups in total. The molecule has 0 spiro atoms. The first-order valence-electron chi connectivity index (χ1n) is 5.90. The molecule has 0 aliphatic heterocycles. The molecule has 0 amide bonds. The number of hydrogen-bond acceptors (Lipinski definition) is 0. The monoisotopic (exact) mass is 284 g/mol. The Morgan fingerprint density at radius 1 is 0.933 bits per heavy atom. The van der Waals surface area contributed by atoms with Crippen LogP contribution >= 0.6 is 15.9 Å². The van der Waals surface area contributed by atoms with Crippen molar-refractivity contribution in [1.29, 1.82) is 0 Å². The Balaban J connectivity index is 2.78. The van der Waals surface area contributed by atoms with Gasteiger partial charge in [0.15, 0.2) is 0 Å². The van der Waals surface area contributed by atoms with E-state index in [1.54, 1.807) is 0 Å². The maximum Gasteiger partial charge on any atom is 0.0571 e. The van der Waals surface area contributed by atoms with Crippen LogP contribution in [0.5, 0.6) is 0 Å². The fourth-order valence-corrected chi connectivity index (χ4v) is 5.78. The molecule has 0 fully saturated rings. The summed E-state index contributed by atoms with van der Waals surface area (Å²) in [6.45, 7) is 7.12. The molecular weight excluding hydrogens is 264 g/mol. The molecule has 2 heteroatoms. The minimum atomic E-state index is -0.991. The molecule has 0 saturated heterocycles. The van der Waals surface area contributed by atoms with Crippen molar-refractivity contribution < 1.29 is 0 Å². The van der Waals surface area contributed by atoms with E-state index >= 15 is 0 Å². The van der Waals surface area contributed by atoms with Crippen LogP contribution < -0.4 is 0 Å². The lowest BCUT2D eigenvalue weighted by Gasteiger charge is -2.28. The third kappa shape index (κ3) is 3.46. The molecule has 0 aliphatic carbocycles. The van der Waals surface area contributed by atoms with Crippen molar-refractivity contribution in [2.24, 2.45) is 0 Å². The van der Waals surface area contributed by atoms with Crippen molar-refractivity contribution in [3.8, 4) is 0 Å². The van der Waals surface area contributed by atoms with Gasteiger partial charge in [-0.1, -0.05) is 72.5 Å². The smallest absolute Gasteiger partial charge is 0.0571 e. The van der Waals surface area contributed by atoms with Gasteiger partial charge < -0.3 is 0 Å². The van der Waals surface area contributed by atoms with Crippen LogP contribution in [-0.4, -0.2) is 8.07 Å². The molecule has 0 saturated carbocycles. The zero-order valence-corrected chi connectivity index (χ0v) is 12.6. The molecule has 84 valence electrons. The largest absolute Gasteiger partial charge is 0.0678 e. The van der Waals surface area contributed by atoms with Crippen LogP contribution in [0.4, 0.5) is 0 Å². The van der Waals surface area contributed by atoms with Crippen molar-refractivity contribution in [2.75, 3.05) is 0 Å². The van der Waals surface area contributed by atoms with E-state index in [0.29, 0.717) is 0 Å². The molecule has 0 heterocycles. The van der Waals surface area contributed by atoms with Crippen LogP contribution in [0.25, 0.3) is 0 Å². The summed E-state index contributed by atoms with van der Waals surface area (Å²) in [6.07, 6.45) is 0. The summed E-state index contributed by atoms with van der Waals surface area (Å²) >= 11 is 3.49. The van der Waals surface area contributed by atoms with E-state index in [0.717, 1.165) is 0 Å². The summed E-state index contributed by atoms with van der Waals surface area (Å²) in [4.78, 5) is 0. The first-order valence-corrected chi connectivity index (χ1v) is 9.52. The van der Waals surface area contributed by atoms with Gasteiger partial charge in [0.1, 0.15) is 0 Å². The summed E-state index contributed by atoms with van der Waals surface area (Å²) < 4.78 is 1.18. The molecular formula is C13H21BrSi. The molecule has 1 aromatic rings. The van der Waals surface area contributed by atoms with Gasteiger partial charge >= 0.3 is 0 Å². The van der Waals surface area contributed by atoms with Crippen molar-refractivity contribution in [3.63, 3.8) is 0 Å². The molecule has 1 aromatic carbocycles. The Morgan fingerprint density at radius 2 is 1.40 bits per heavy atom. The second-order valence-corrected chi connectivity index (χ2v) is 10.8. The van der Waals surface area contributed by atoms with E-state index in [-0.39, 0.29) is 0 Å². The van der Waals surface area contributed by atoms with Crippen molar-refractivity contribution in [3.05, 3.63) is 34.3 Å². The van der Waals surface area contributed by atoms with Crippen molar-refractivity contribution in [1.82, 2.24) is 0 Å². The quantitative estimate of drug-likeness (QED) is 0.665. The van der Waals surface area contributed by atoms with E-state index < -0.39 is 8.07 Å². The number of benzene rings is 1. The van der Waals surface area contributed by atoms with Gasteiger partial charge in [-0.3, -0.25) is 0 Å². The second kappa shape index (κ2) is 5.85. The molecule has 0 aromatic heterocycles. The molecule has 0 atom stereocenters. The van der Waals surface area contributed by atoms with Crippen LogP contribution in [0, 0.1) is 0 Å². The van der Waals surface area contributed by atoms with Crippen LogP contribution in [0.1, 0.15) is 26.3 Å². The Labute approximate surface area is 103 Å². The fraction of sp³-hybridized carbons (Fsp3) is 0.538. The number of rotatable bonds is 5. The van der Waals surface area contributed by atoms with Crippen molar-refractivity contribution >= 4 is 24.0 Å². The molecule has 0 radical (unpaired) electrons. The van der Waals surface area contributed by atoms with E-state index in [9.17, 15) is 0 Å². The van der Waals surface area contributed by atoms with Gasteiger partial charge in [-0.05, 0) is 18.2 Å². The lowest BCUT2D eigenvalue weighted by Crippen LogP contribution is -2.34. The third-order valence-corrected chi connectivity index (χ3v) is 9.93. The molecule has 15 heavy (non-hydrogen) atoms. The molecule has 0 bridgehead atoms. The minimum Gasteiger partial charge on any atom is -0.0678 e. The van der Waals surface area contributed by atoms with Crippen LogP contribution in [0.3, 0.4) is 0 Å². The van der Waals surface area contributed by atoms with E-state index in [1.165, 1.54) is 34.2 Å². The third-order valence-electron chi connectivity index (χ3n) is 3.74. The predicted molar refractivity (Wildman–Crippen MR) is 75.0 cm³/mol. The van der Waals surface area contributed by atoms with Gasteiger partial charge in [0.2, 0.25) is 0 Å². The average Bonchev–Trinajstić information content (AvgIpc) is 2.29. The van der Waals surface area contributed by atoms with E-state index in [4.69, 9.17) is 0 Å². The van der Waals surface area contributed by atoms with Crippen molar-refractivity contribution in [2.45, 2.75) is 44.9 Å². The van der Waals surface area contributed by atoms with Gasteiger partial charge in [0.05, 0.1) is 8.07 Å². The lowest BCUT2D eigenvalue weighted by atomic mass is 10.2. The molecule has 0 unspecified atom stereocenters. The van der Waals surface area contributed by atoms with E-state index in [1.807, 2.05) is 0 Å². The standard InChI is InChI=1S/C13H21BrSi/c1-4-15(5-2,6-3)11-12-7-9-13(14)10-8-12/h7-10H,4-6,11H2,1-3H3. The Morgan fingerprint density at radius 3 is 1.80 bits per heavy atom. The zero-order valence-electron chi connectivity index (χ0n) is 10.0. The number of halogens is 1. The van der Waals surface area contributed by atoms with Gasteiger partial charge in [-0.25, -0.2) is 0 Å². The summed E-state index contributed by atoms with van der Waals surface area (Å²) in [5.41, 5.74) is 1.52. The van der Waals surface area contributed by atoms with Crippen LogP contribution in [0.2, 0.25) is 18.1 Å². The normalized spacial score (nSPS) is 11.7. The average molecular weight is 285 g/mol. The van der Waals surface area contributed by atoms with E-state index in [2.05, 4.69) is 61.0 Å². The van der Waals surface area contributed by atoms with Crippen LogP contribution in [-0.2, 0) is 6.04 Å². The maximum atomic E-state index is 3.49. The molecule has 0 aliphatic rings. The highest BCUT2D eigenvalue weighted by atomic mass is 79.9. The highest BCUT2D eigenvalue weighted by molar-refractivity contribution is 9.10. The predicted octanol–water partition coefficient (Wildman–Crippen LogP) is 5.04. The zero-order chi connectivity index (χ0) is 11.3. The minimum absolute atomic E-state index is 0.991. The lowest BCUT2D eigenvalue weighted by molar-refractivity contribution is 1.10. The Kier molecular flexibility index (Phi) is 5.07. The first kappa shape index (κ1) is 13.0. The summed E-state index contributed by atoms with van der Waals surface area (Å²) in [5.74, 6) is 0. The fourth-order valence-electron chi connectivity index (χ4n) is 2.16. The summed E-state index contributed by atoms with van der Waals surface area (Å²) in [5, 5.41) is 0. The van der Waals surface area contributed by atoms with Gasteiger partial charge in [0, 0.05) is 4.47 Å². The van der Waals surface area contributed by atoms with Crippen LogP contribution in [0.15, 0.2) is 28.7 Å². The molecule has 1 rings (SSSR count). The SMILES string of the molecule is CC[Si](CC)(CC)Cc1ccc(Br)cc1. The summed E-state index contributed by atoms with van der Waals surface area (Å²) in [7, 11) is -0.991. The maximum absolute atomic E-state index is 3.49. The number of hydrogen-bond donors (Lipinski definition) is 0. The Hall–Kier alpha value is -0.0831. The molecule has 0 nitrogen and oxygen atoms in total. The second-order valence-electron chi connectivity index (χ2n) is 4.36. The highest BCUT2D eigenvalue weighted by Gasteiger charge is 2.26. The summed E-state index contributed by atoms with van der Waals surface area (Å²) in [6, 6.07) is 14.5. The van der Waals surface area contributed by atoms with Gasteiger partial charge in [0.25, 0.3) is 0 Å². The topological polar surface area (TPSA) is 0 Å². The van der Waals surface area contributed by atoms with Gasteiger partial charge in [-0.2, -0.15) is 0 Å². The highest BCUT2D eigenvalue weighted by Crippen LogP contribution is 2.25.